The second-order valence-corrected chi connectivity index (χ2v) is 6.56. The highest BCUT2D eigenvalue weighted by Gasteiger charge is 2.42. The van der Waals surface area contributed by atoms with E-state index in [1.54, 1.807) is 12.1 Å². The van der Waals surface area contributed by atoms with Gasteiger partial charge in [-0.15, -0.1) is 0 Å². The van der Waals surface area contributed by atoms with Gasteiger partial charge in [0.2, 0.25) is 0 Å². The van der Waals surface area contributed by atoms with Crippen LogP contribution in [0, 0.1) is 11.7 Å². The van der Waals surface area contributed by atoms with Crippen molar-refractivity contribution >= 4 is 21.8 Å². The van der Waals surface area contributed by atoms with Crippen LogP contribution in [0.2, 0.25) is 0 Å². The number of halogens is 2. The van der Waals surface area contributed by atoms with E-state index < -0.39 is 5.82 Å². The number of benzene rings is 1. The van der Waals surface area contributed by atoms with Crippen molar-refractivity contribution in [2.75, 3.05) is 0 Å². The molecule has 0 N–H and O–H groups in total. The molecule has 1 aromatic rings. The zero-order valence-electron chi connectivity index (χ0n) is 10.9. The van der Waals surface area contributed by atoms with Gasteiger partial charge in [0.05, 0.1) is 5.56 Å². The standard InChI is InChI=1S/C15H17BrFNO/c1-9(10-2-3-10)18(12-5-6-12)15(19)13-8-11(16)4-7-14(13)17/h4,7-10,12H,2-3,5-6H2,1H3. The molecule has 3 rings (SSSR count). The molecule has 1 amide bonds. The number of carbonyl (C=O) groups is 1. The summed E-state index contributed by atoms with van der Waals surface area (Å²) in [6.45, 7) is 2.10. The van der Waals surface area contributed by atoms with Crippen molar-refractivity contribution in [2.24, 2.45) is 5.92 Å². The monoisotopic (exact) mass is 325 g/mol. The molecule has 2 nitrogen and oxygen atoms in total. The van der Waals surface area contributed by atoms with Gasteiger partial charge in [-0.1, -0.05) is 15.9 Å². The number of hydrogen-bond donors (Lipinski definition) is 0. The lowest BCUT2D eigenvalue weighted by molar-refractivity contribution is 0.0649. The van der Waals surface area contributed by atoms with Gasteiger partial charge in [-0.2, -0.15) is 0 Å². The maximum atomic E-state index is 13.9. The van der Waals surface area contributed by atoms with E-state index in [0.717, 1.165) is 17.3 Å². The van der Waals surface area contributed by atoms with Crippen LogP contribution in [-0.4, -0.2) is 22.9 Å². The van der Waals surface area contributed by atoms with Gasteiger partial charge in [0, 0.05) is 16.6 Å². The number of nitrogens with zero attached hydrogens (tertiary/aromatic N) is 1. The SMILES string of the molecule is CC(C1CC1)N(C(=O)c1cc(Br)ccc1F)C1CC1. The molecule has 102 valence electrons. The fourth-order valence-corrected chi connectivity index (χ4v) is 3.00. The molecule has 0 spiro atoms. The van der Waals surface area contributed by atoms with Gasteiger partial charge in [-0.05, 0) is 56.7 Å². The third-order valence-corrected chi connectivity index (χ3v) is 4.57. The Morgan fingerprint density at radius 2 is 2.05 bits per heavy atom. The van der Waals surface area contributed by atoms with Crippen LogP contribution in [-0.2, 0) is 0 Å². The number of amides is 1. The summed E-state index contributed by atoms with van der Waals surface area (Å²) in [5.74, 6) is 0.0299. The summed E-state index contributed by atoms with van der Waals surface area (Å²) >= 11 is 3.31. The predicted molar refractivity (Wildman–Crippen MR) is 75.5 cm³/mol. The summed E-state index contributed by atoms with van der Waals surface area (Å²) in [5.41, 5.74) is 0.189. The molecular weight excluding hydrogens is 309 g/mol. The number of carbonyl (C=O) groups excluding carboxylic acids is 1. The molecule has 0 heterocycles. The average Bonchev–Trinajstić information content (AvgIpc) is 3.24. The van der Waals surface area contributed by atoms with Gasteiger partial charge in [-0.3, -0.25) is 4.79 Å². The predicted octanol–water partition coefficient (Wildman–Crippen LogP) is 3.99. The van der Waals surface area contributed by atoms with Crippen LogP contribution in [0.15, 0.2) is 22.7 Å². The van der Waals surface area contributed by atoms with E-state index in [0.29, 0.717) is 12.0 Å². The minimum atomic E-state index is -0.429. The second-order valence-electron chi connectivity index (χ2n) is 5.65. The summed E-state index contributed by atoms with van der Waals surface area (Å²) in [7, 11) is 0. The summed E-state index contributed by atoms with van der Waals surface area (Å²) in [4.78, 5) is 14.6. The lowest BCUT2D eigenvalue weighted by Crippen LogP contribution is -2.42. The molecule has 19 heavy (non-hydrogen) atoms. The number of rotatable bonds is 4. The first-order chi connectivity index (χ1) is 9.08. The van der Waals surface area contributed by atoms with Crippen molar-refractivity contribution in [1.29, 1.82) is 0 Å². The van der Waals surface area contributed by atoms with Gasteiger partial charge < -0.3 is 4.90 Å². The Morgan fingerprint density at radius 3 is 2.63 bits per heavy atom. The van der Waals surface area contributed by atoms with Crippen molar-refractivity contribution in [2.45, 2.75) is 44.7 Å². The Labute approximate surface area is 121 Å². The van der Waals surface area contributed by atoms with Crippen LogP contribution < -0.4 is 0 Å². The summed E-state index contributed by atoms with van der Waals surface area (Å²) in [5, 5.41) is 0. The van der Waals surface area contributed by atoms with Crippen molar-refractivity contribution in [1.82, 2.24) is 4.90 Å². The van der Waals surface area contributed by atoms with Crippen LogP contribution in [0.3, 0.4) is 0 Å². The Bertz CT molecular complexity index is 511. The van der Waals surface area contributed by atoms with Crippen LogP contribution in [0.25, 0.3) is 0 Å². The van der Waals surface area contributed by atoms with Crippen LogP contribution in [0.4, 0.5) is 4.39 Å². The first kappa shape index (κ1) is 13.1. The lowest BCUT2D eigenvalue weighted by Gasteiger charge is -2.29. The van der Waals surface area contributed by atoms with E-state index in [1.165, 1.54) is 18.9 Å². The third kappa shape index (κ3) is 2.69. The smallest absolute Gasteiger partial charge is 0.257 e. The van der Waals surface area contributed by atoms with Gasteiger partial charge >= 0.3 is 0 Å². The van der Waals surface area contributed by atoms with Crippen molar-refractivity contribution in [3.05, 3.63) is 34.1 Å². The molecule has 0 bridgehead atoms. The molecule has 0 aromatic heterocycles. The molecule has 0 aliphatic heterocycles. The minimum absolute atomic E-state index is 0.152. The summed E-state index contributed by atoms with van der Waals surface area (Å²) in [6.07, 6.45) is 4.49. The maximum Gasteiger partial charge on any atom is 0.257 e. The molecule has 0 radical (unpaired) electrons. The first-order valence-electron chi connectivity index (χ1n) is 6.85. The fourth-order valence-electron chi connectivity index (χ4n) is 2.64. The maximum absolute atomic E-state index is 13.9. The Kier molecular flexibility index (Phi) is 3.37. The largest absolute Gasteiger partial charge is 0.333 e. The highest BCUT2D eigenvalue weighted by molar-refractivity contribution is 9.10. The number of hydrogen-bond acceptors (Lipinski definition) is 1. The normalized spacial score (nSPS) is 20.2. The van der Waals surface area contributed by atoms with Gasteiger partial charge in [0.25, 0.3) is 5.91 Å². The second kappa shape index (κ2) is 4.89. The minimum Gasteiger partial charge on any atom is -0.333 e. The van der Waals surface area contributed by atoms with Gasteiger partial charge in [0.15, 0.2) is 0 Å². The topological polar surface area (TPSA) is 20.3 Å². The molecule has 0 saturated heterocycles. The molecule has 1 unspecified atom stereocenters. The van der Waals surface area contributed by atoms with Crippen molar-refractivity contribution < 1.29 is 9.18 Å². The lowest BCUT2D eigenvalue weighted by atomic mass is 10.1. The van der Waals surface area contributed by atoms with E-state index in [-0.39, 0.29) is 17.5 Å². The molecule has 1 aromatic carbocycles. The summed E-state index contributed by atoms with van der Waals surface area (Å²) in [6, 6.07) is 5.12. The Balaban J connectivity index is 1.89. The van der Waals surface area contributed by atoms with Crippen LogP contribution in [0.1, 0.15) is 43.0 Å². The molecule has 2 aliphatic rings. The molecule has 2 fully saturated rings. The van der Waals surface area contributed by atoms with Gasteiger partial charge in [-0.25, -0.2) is 4.39 Å². The molecular formula is C15H17BrFNO. The fraction of sp³-hybridized carbons (Fsp3) is 0.533. The Morgan fingerprint density at radius 1 is 1.37 bits per heavy atom. The molecule has 2 saturated carbocycles. The van der Waals surface area contributed by atoms with E-state index in [9.17, 15) is 9.18 Å². The first-order valence-corrected chi connectivity index (χ1v) is 7.65. The van der Waals surface area contributed by atoms with Crippen molar-refractivity contribution in [3.63, 3.8) is 0 Å². The van der Waals surface area contributed by atoms with E-state index in [2.05, 4.69) is 22.9 Å². The Hall–Kier alpha value is -0.900. The van der Waals surface area contributed by atoms with Crippen molar-refractivity contribution in [3.8, 4) is 0 Å². The highest BCUT2D eigenvalue weighted by atomic mass is 79.9. The molecule has 4 heteroatoms. The zero-order chi connectivity index (χ0) is 13.6. The van der Waals surface area contributed by atoms with E-state index in [4.69, 9.17) is 0 Å². The average molecular weight is 326 g/mol. The zero-order valence-corrected chi connectivity index (χ0v) is 12.5. The van der Waals surface area contributed by atoms with Crippen LogP contribution in [0.5, 0.6) is 0 Å². The molecule has 1 atom stereocenters. The molecule has 2 aliphatic carbocycles. The van der Waals surface area contributed by atoms with Gasteiger partial charge in [0.1, 0.15) is 5.82 Å². The highest BCUT2D eigenvalue weighted by Crippen LogP contribution is 2.40. The van der Waals surface area contributed by atoms with Crippen LogP contribution >= 0.6 is 15.9 Å². The third-order valence-electron chi connectivity index (χ3n) is 4.08. The summed E-state index contributed by atoms with van der Waals surface area (Å²) < 4.78 is 14.6. The quantitative estimate of drug-likeness (QED) is 0.819. The van der Waals surface area contributed by atoms with E-state index >= 15 is 0 Å². The van der Waals surface area contributed by atoms with E-state index in [1.807, 2.05) is 4.90 Å².